The van der Waals surface area contributed by atoms with Gasteiger partial charge < -0.3 is 14.4 Å². The lowest BCUT2D eigenvalue weighted by Crippen LogP contribution is -2.35. The number of carbonyl (C=O) groups is 2. The molecule has 0 aliphatic carbocycles. The smallest absolute Gasteiger partial charge is 0.257 e. The number of imidazole rings is 1. The molecule has 8 heteroatoms. The third-order valence-corrected chi connectivity index (χ3v) is 6.30. The van der Waals surface area contributed by atoms with E-state index in [0.29, 0.717) is 31.1 Å². The molecular weight excluding hydrogens is 445 g/mol. The molecule has 1 aromatic heterocycles. The Kier molecular flexibility index (Phi) is 7.60. The van der Waals surface area contributed by atoms with Crippen LogP contribution in [0.2, 0.25) is 0 Å². The number of rotatable bonds is 6. The first-order valence-corrected chi connectivity index (χ1v) is 12.0. The van der Waals surface area contributed by atoms with Crippen LogP contribution in [-0.4, -0.2) is 64.9 Å². The number of nitrogens with one attached hydrogen (secondary N) is 1. The van der Waals surface area contributed by atoms with Gasteiger partial charge in [0.05, 0.1) is 17.1 Å². The van der Waals surface area contributed by atoms with Gasteiger partial charge >= 0.3 is 0 Å². The number of hydrogen-bond donors (Lipinski definition) is 1. The second kappa shape index (κ2) is 10.8. The first-order chi connectivity index (χ1) is 16.8. The van der Waals surface area contributed by atoms with Gasteiger partial charge in [-0.3, -0.25) is 14.9 Å². The van der Waals surface area contributed by atoms with Crippen molar-refractivity contribution in [1.29, 1.82) is 0 Å². The van der Waals surface area contributed by atoms with E-state index in [2.05, 4.69) is 9.88 Å². The van der Waals surface area contributed by atoms with Crippen LogP contribution in [0.25, 0.3) is 11.0 Å². The molecule has 1 aliphatic heterocycles. The van der Waals surface area contributed by atoms with E-state index in [4.69, 9.17) is 4.98 Å². The van der Waals surface area contributed by atoms with Crippen LogP contribution >= 0.6 is 0 Å². The molecule has 0 bridgehead atoms. The second-order valence-corrected chi connectivity index (χ2v) is 9.31. The molecule has 1 fully saturated rings. The number of likely N-dealkylation sites (N-methyl/N-ethyl adjacent to an activating group) is 1. The Labute approximate surface area is 205 Å². The summed E-state index contributed by atoms with van der Waals surface area (Å²) in [6.45, 7) is 3.96. The molecule has 1 unspecified atom stereocenters. The van der Waals surface area contributed by atoms with E-state index in [1.165, 1.54) is 24.3 Å². The Hall–Kier alpha value is -3.52. The summed E-state index contributed by atoms with van der Waals surface area (Å²) < 4.78 is 15.4. The summed E-state index contributed by atoms with van der Waals surface area (Å²) in [6, 6.07) is 11.3. The highest BCUT2D eigenvalue weighted by atomic mass is 19.1. The third kappa shape index (κ3) is 5.77. The predicted octanol–water partition coefficient (Wildman–Crippen LogP) is 4.41. The summed E-state index contributed by atoms with van der Waals surface area (Å²) in [7, 11) is 3.93. The van der Waals surface area contributed by atoms with Crippen LogP contribution in [0, 0.1) is 12.7 Å². The number of amides is 2. The van der Waals surface area contributed by atoms with Crippen molar-refractivity contribution in [2.24, 2.45) is 0 Å². The number of likely N-dealkylation sites (tertiary alicyclic amines) is 1. The van der Waals surface area contributed by atoms with Crippen LogP contribution in [0.1, 0.15) is 41.2 Å². The zero-order chi connectivity index (χ0) is 24.9. The van der Waals surface area contributed by atoms with Gasteiger partial charge in [-0.15, -0.1) is 0 Å². The van der Waals surface area contributed by atoms with Crippen LogP contribution in [0.4, 0.5) is 10.3 Å². The van der Waals surface area contributed by atoms with E-state index in [1.807, 2.05) is 55.1 Å². The van der Waals surface area contributed by atoms with Gasteiger partial charge in [-0.25, -0.2) is 9.37 Å². The number of carbonyl (C=O) groups excluding carboxylic acids is 2. The van der Waals surface area contributed by atoms with E-state index in [0.717, 1.165) is 35.9 Å². The lowest BCUT2D eigenvalue weighted by atomic mass is 10.1. The Balaban J connectivity index is 1.67. The number of halogens is 1. The molecular formula is C27H32FN5O2. The molecule has 0 saturated carbocycles. The van der Waals surface area contributed by atoms with Crippen molar-refractivity contribution < 1.29 is 14.0 Å². The van der Waals surface area contributed by atoms with Gasteiger partial charge in [0.15, 0.2) is 0 Å². The molecule has 3 aromatic rings. The van der Waals surface area contributed by atoms with Crippen LogP contribution < -0.4 is 5.32 Å². The van der Waals surface area contributed by atoms with Crippen molar-refractivity contribution in [3.05, 3.63) is 71.6 Å². The third-order valence-electron chi connectivity index (χ3n) is 6.30. The topological polar surface area (TPSA) is 70.5 Å². The fourth-order valence-corrected chi connectivity index (χ4v) is 4.54. The summed E-state index contributed by atoms with van der Waals surface area (Å²) in [6.07, 6.45) is 6.29. The molecule has 4 rings (SSSR count). The van der Waals surface area contributed by atoms with Gasteiger partial charge in [0.25, 0.3) is 5.91 Å². The van der Waals surface area contributed by atoms with Gasteiger partial charge in [0.2, 0.25) is 11.9 Å². The number of aromatic nitrogens is 2. The Bertz CT molecular complexity index is 1230. The highest BCUT2D eigenvalue weighted by molar-refractivity contribution is 6.04. The van der Waals surface area contributed by atoms with E-state index < -0.39 is 5.82 Å². The molecule has 184 valence electrons. The lowest BCUT2D eigenvalue weighted by molar-refractivity contribution is -0.126. The number of fused-ring (bicyclic) bond motifs is 1. The van der Waals surface area contributed by atoms with Crippen LogP contribution in [0.15, 0.2) is 54.6 Å². The van der Waals surface area contributed by atoms with Crippen molar-refractivity contribution in [1.82, 2.24) is 19.4 Å². The van der Waals surface area contributed by atoms with E-state index in [-0.39, 0.29) is 17.9 Å². The molecule has 1 atom stereocenters. The molecule has 1 saturated heterocycles. The lowest BCUT2D eigenvalue weighted by Gasteiger charge is -2.26. The number of para-hydroxylation sites is 1. The first kappa shape index (κ1) is 24.6. The first-order valence-electron chi connectivity index (χ1n) is 12.0. The molecule has 0 radical (unpaired) electrons. The van der Waals surface area contributed by atoms with Crippen LogP contribution in [-0.2, 0) is 4.79 Å². The normalized spacial score (nSPS) is 16.7. The molecule has 1 N–H and O–H groups in total. The predicted molar refractivity (Wildman–Crippen MR) is 136 cm³/mol. The van der Waals surface area contributed by atoms with Crippen LogP contribution in [0.3, 0.4) is 0 Å². The summed E-state index contributed by atoms with van der Waals surface area (Å²) >= 11 is 0. The van der Waals surface area contributed by atoms with Gasteiger partial charge in [0, 0.05) is 31.3 Å². The minimum atomic E-state index is -0.396. The summed E-state index contributed by atoms with van der Waals surface area (Å²) in [5.41, 5.74) is 3.13. The van der Waals surface area contributed by atoms with Crippen molar-refractivity contribution in [2.45, 2.75) is 32.2 Å². The minimum Gasteiger partial charge on any atom is -0.337 e. The van der Waals surface area contributed by atoms with E-state index in [1.54, 1.807) is 6.08 Å². The van der Waals surface area contributed by atoms with Crippen molar-refractivity contribution in [3.63, 3.8) is 0 Å². The highest BCUT2D eigenvalue weighted by Gasteiger charge is 2.27. The maximum atomic E-state index is 13.3. The summed E-state index contributed by atoms with van der Waals surface area (Å²) in [5, 5.41) is 2.94. The van der Waals surface area contributed by atoms with Gasteiger partial charge in [-0.05, 0) is 76.2 Å². The number of benzene rings is 2. The summed E-state index contributed by atoms with van der Waals surface area (Å²) in [5.74, 6) is -0.317. The summed E-state index contributed by atoms with van der Waals surface area (Å²) in [4.78, 5) is 34.5. The Morgan fingerprint density at radius 2 is 1.94 bits per heavy atom. The van der Waals surface area contributed by atoms with E-state index in [9.17, 15) is 14.0 Å². The molecule has 35 heavy (non-hydrogen) atoms. The average molecular weight is 478 g/mol. The Morgan fingerprint density at radius 1 is 1.17 bits per heavy atom. The number of hydrogen-bond acceptors (Lipinski definition) is 4. The zero-order valence-corrected chi connectivity index (χ0v) is 20.5. The fourth-order valence-electron chi connectivity index (χ4n) is 4.54. The van der Waals surface area contributed by atoms with Gasteiger partial charge in [-0.2, -0.15) is 0 Å². The Morgan fingerprint density at radius 3 is 2.69 bits per heavy atom. The molecule has 2 heterocycles. The molecule has 2 aromatic carbocycles. The average Bonchev–Trinajstić information content (AvgIpc) is 3.01. The van der Waals surface area contributed by atoms with Gasteiger partial charge in [0.1, 0.15) is 5.82 Å². The second-order valence-electron chi connectivity index (χ2n) is 9.31. The molecule has 7 nitrogen and oxygen atoms in total. The van der Waals surface area contributed by atoms with E-state index >= 15 is 0 Å². The highest BCUT2D eigenvalue weighted by Crippen LogP contribution is 2.32. The minimum absolute atomic E-state index is 0.00297. The molecule has 0 spiro atoms. The largest absolute Gasteiger partial charge is 0.337 e. The van der Waals surface area contributed by atoms with Crippen molar-refractivity contribution >= 4 is 28.8 Å². The monoisotopic (exact) mass is 477 g/mol. The number of nitrogens with zero attached hydrogens (tertiary/aromatic N) is 4. The maximum Gasteiger partial charge on any atom is 0.257 e. The van der Waals surface area contributed by atoms with Crippen LogP contribution in [0.5, 0.6) is 0 Å². The zero-order valence-electron chi connectivity index (χ0n) is 20.5. The quantitative estimate of drug-likeness (QED) is 0.534. The standard InChI is InChI=1S/C27H32FN5O2/c1-19-8-6-10-23-25(19)33(27(29-23)30-26(35)20-12-14-21(28)15-13-20)22-9-4-5-17-32(18-22)24(34)11-7-16-31(2)3/h6-8,10-15,22H,4-5,9,16-18H2,1-3H3,(H,29,30,35)/b11-7+. The number of anilines is 1. The molecule has 2 amide bonds. The van der Waals surface area contributed by atoms with Crippen molar-refractivity contribution in [2.75, 3.05) is 39.0 Å². The maximum absolute atomic E-state index is 13.3. The SMILES string of the molecule is Cc1cccc2nc(NC(=O)c3ccc(F)cc3)n(C3CCCCN(C(=O)/C=C/CN(C)C)C3)c12. The molecule has 1 aliphatic rings. The van der Waals surface area contributed by atoms with Crippen molar-refractivity contribution in [3.8, 4) is 0 Å². The fraction of sp³-hybridized carbons (Fsp3) is 0.370. The van der Waals surface area contributed by atoms with Gasteiger partial charge in [-0.1, -0.05) is 18.2 Å². The number of aryl methyl sites for hydroxylation is 1.